The largest absolute Gasteiger partial charge is 0.416 e. The van der Waals surface area contributed by atoms with E-state index in [9.17, 15) is 18.0 Å². The summed E-state index contributed by atoms with van der Waals surface area (Å²) in [5, 5.41) is 5.74. The van der Waals surface area contributed by atoms with Gasteiger partial charge in [0.1, 0.15) is 0 Å². The molecule has 1 aromatic heterocycles. The molecule has 0 radical (unpaired) electrons. The zero-order valence-corrected chi connectivity index (χ0v) is 18.5. The molecule has 1 saturated heterocycles. The maximum Gasteiger partial charge on any atom is 0.416 e. The number of amides is 1. The lowest BCUT2D eigenvalue weighted by atomic mass is 10.0. The molecule has 6 nitrogen and oxygen atoms in total. The highest BCUT2D eigenvalue weighted by Gasteiger charge is 2.34. The number of halogens is 3. The van der Waals surface area contributed by atoms with Gasteiger partial charge in [0.25, 0.3) is 5.91 Å². The number of aromatic nitrogens is 2. The molecule has 3 aromatic rings. The predicted molar refractivity (Wildman–Crippen MR) is 123 cm³/mol. The van der Waals surface area contributed by atoms with Gasteiger partial charge in [0, 0.05) is 24.5 Å². The van der Waals surface area contributed by atoms with Crippen molar-refractivity contribution in [1.29, 1.82) is 0 Å². The second kappa shape index (κ2) is 8.03. The van der Waals surface area contributed by atoms with Crippen molar-refractivity contribution >= 4 is 39.8 Å². The van der Waals surface area contributed by atoms with E-state index in [-0.39, 0.29) is 24.1 Å². The molecule has 170 valence electrons. The van der Waals surface area contributed by atoms with E-state index < -0.39 is 11.7 Å². The average Bonchev–Trinajstić information content (AvgIpc) is 3.29. The Morgan fingerprint density at radius 2 is 2.00 bits per heavy atom. The Hall–Kier alpha value is -3.11. The number of carbonyl (C=O) groups excluding carboxylic acids is 1. The van der Waals surface area contributed by atoms with Gasteiger partial charge in [-0.2, -0.15) is 23.3 Å². The predicted octanol–water partition coefficient (Wildman–Crippen LogP) is 4.03. The molecule has 33 heavy (non-hydrogen) atoms. The molecule has 2 aromatic carbocycles. The minimum Gasteiger partial charge on any atom is -0.348 e. The minimum absolute atomic E-state index is 0.00255. The maximum atomic E-state index is 13.5. The van der Waals surface area contributed by atoms with Gasteiger partial charge in [-0.25, -0.2) is 0 Å². The van der Waals surface area contributed by atoms with Crippen LogP contribution in [0.25, 0.3) is 17.0 Å². The lowest BCUT2D eigenvalue weighted by Crippen LogP contribution is -2.56. The number of amidine groups is 1. The molecule has 0 spiro atoms. The first-order valence-corrected chi connectivity index (χ1v) is 11.1. The number of carbonyl (C=O) groups is 1. The lowest BCUT2D eigenvalue weighted by molar-refractivity contribution is -0.138. The zero-order chi connectivity index (χ0) is 23.3. The number of nitrogens with two attached hydrogens (primary N) is 1. The quantitative estimate of drug-likeness (QED) is 0.584. The van der Waals surface area contributed by atoms with Crippen LogP contribution in [0, 0.1) is 6.92 Å². The molecule has 2 aliphatic rings. The molecule has 0 aliphatic carbocycles. The fraction of sp³-hybridized carbons (Fsp3) is 0.261. The number of fused-ring (bicyclic) bond motifs is 1. The topological polar surface area (TPSA) is 76.5 Å². The summed E-state index contributed by atoms with van der Waals surface area (Å²) in [5.74, 6) is -0.287. The molecule has 2 N–H and O–H groups in total. The van der Waals surface area contributed by atoms with Gasteiger partial charge in [-0.1, -0.05) is 23.8 Å². The third kappa shape index (κ3) is 4.28. The first-order valence-electron chi connectivity index (χ1n) is 10.3. The van der Waals surface area contributed by atoms with E-state index in [0.29, 0.717) is 34.2 Å². The van der Waals surface area contributed by atoms with E-state index in [2.05, 4.69) is 10.1 Å². The standard InChI is InChI=1S/C23H20F3N5OS/c1-13-2-4-15(18(6-13)23(24,25)26)10-31-19-5-3-14(7-16(19)9-28-31)8-20-21(32)29-22(33-20)30-11-17(27)12-30/h2-9,17H,10-12,27H2,1H3/b20-8-. The number of hydrogen-bond acceptors (Lipinski definition) is 5. The SMILES string of the molecule is Cc1ccc(Cn2ncc3cc(/C=C4\SC(N5CC(N)C5)=NC4=O)ccc32)c(C(F)(F)F)c1. The highest BCUT2D eigenvalue weighted by molar-refractivity contribution is 8.18. The molecule has 10 heteroatoms. The number of benzene rings is 2. The Labute approximate surface area is 192 Å². The van der Waals surface area contributed by atoms with Gasteiger partial charge >= 0.3 is 6.18 Å². The fourth-order valence-electron chi connectivity index (χ4n) is 3.93. The van der Waals surface area contributed by atoms with Crippen molar-refractivity contribution in [3.05, 3.63) is 69.8 Å². The number of nitrogens with zero attached hydrogens (tertiary/aromatic N) is 4. The van der Waals surface area contributed by atoms with Crippen LogP contribution >= 0.6 is 11.8 Å². The summed E-state index contributed by atoms with van der Waals surface area (Å²) < 4.78 is 42.0. The van der Waals surface area contributed by atoms with Gasteiger partial charge in [0.2, 0.25) is 0 Å². The molecule has 0 saturated carbocycles. The van der Waals surface area contributed by atoms with Crippen molar-refractivity contribution in [1.82, 2.24) is 14.7 Å². The Morgan fingerprint density at radius 3 is 2.73 bits per heavy atom. The van der Waals surface area contributed by atoms with E-state index in [1.54, 1.807) is 36.0 Å². The van der Waals surface area contributed by atoms with Gasteiger partial charge in [-0.15, -0.1) is 0 Å². The number of aryl methyl sites for hydroxylation is 1. The summed E-state index contributed by atoms with van der Waals surface area (Å²) in [4.78, 5) is 18.9. The monoisotopic (exact) mass is 471 g/mol. The molecular formula is C23H20F3N5OS. The Kier molecular flexibility index (Phi) is 5.29. The van der Waals surface area contributed by atoms with E-state index in [0.717, 1.165) is 17.0 Å². The Bertz CT molecular complexity index is 1320. The summed E-state index contributed by atoms with van der Waals surface area (Å²) in [6.45, 7) is 3.02. The molecule has 0 atom stereocenters. The normalized spacial score (nSPS) is 18.3. The smallest absolute Gasteiger partial charge is 0.348 e. The summed E-state index contributed by atoms with van der Waals surface area (Å²) >= 11 is 1.32. The summed E-state index contributed by atoms with van der Waals surface area (Å²) in [7, 11) is 0. The van der Waals surface area contributed by atoms with Crippen molar-refractivity contribution in [2.24, 2.45) is 10.7 Å². The van der Waals surface area contributed by atoms with Crippen molar-refractivity contribution in [2.45, 2.75) is 25.7 Å². The second-order valence-corrected chi connectivity index (χ2v) is 9.26. The molecule has 2 aliphatic heterocycles. The van der Waals surface area contributed by atoms with Crippen molar-refractivity contribution in [3.63, 3.8) is 0 Å². The Morgan fingerprint density at radius 1 is 1.21 bits per heavy atom. The second-order valence-electron chi connectivity index (χ2n) is 8.25. The number of alkyl halides is 3. The van der Waals surface area contributed by atoms with Crippen LogP contribution in [0.15, 0.2) is 52.5 Å². The van der Waals surface area contributed by atoms with Crippen LogP contribution in [0.3, 0.4) is 0 Å². The van der Waals surface area contributed by atoms with Crippen LogP contribution in [-0.4, -0.2) is 44.9 Å². The van der Waals surface area contributed by atoms with E-state index in [1.807, 2.05) is 17.0 Å². The molecule has 3 heterocycles. The summed E-state index contributed by atoms with van der Waals surface area (Å²) in [6.07, 6.45) is -1.05. The van der Waals surface area contributed by atoms with Crippen LogP contribution in [0.4, 0.5) is 13.2 Å². The van der Waals surface area contributed by atoms with Crippen molar-refractivity contribution < 1.29 is 18.0 Å². The third-order valence-electron chi connectivity index (χ3n) is 5.64. The third-order valence-corrected chi connectivity index (χ3v) is 6.69. The van der Waals surface area contributed by atoms with Crippen molar-refractivity contribution in [2.75, 3.05) is 13.1 Å². The highest BCUT2D eigenvalue weighted by atomic mass is 32.2. The van der Waals surface area contributed by atoms with Crippen LogP contribution in [0.2, 0.25) is 0 Å². The molecule has 1 fully saturated rings. The van der Waals surface area contributed by atoms with Gasteiger partial charge < -0.3 is 10.6 Å². The molecule has 5 rings (SSSR count). The van der Waals surface area contributed by atoms with Gasteiger partial charge in [-0.05, 0) is 54.1 Å². The number of thioether (sulfide) groups is 1. The van der Waals surface area contributed by atoms with Gasteiger partial charge in [0.15, 0.2) is 5.17 Å². The van der Waals surface area contributed by atoms with Crippen LogP contribution in [-0.2, 0) is 17.5 Å². The van der Waals surface area contributed by atoms with E-state index in [4.69, 9.17) is 5.73 Å². The first-order chi connectivity index (χ1) is 15.7. The number of hydrogen-bond donors (Lipinski definition) is 1. The average molecular weight is 472 g/mol. The van der Waals surface area contributed by atoms with Gasteiger partial charge in [-0.3, -0.25) is 9.48 Å². The highest BCUT2D eigenvalue weighted by Crippen LogP contribution is 2.34. The molecular weight excluding hydrogens is 451 g/mol. The summed E-state index contributed by atoms with van der Waals surface area (Å²) in [6, 6.07) is 9.91. The van der Waals surface area contributed by atoms with E-state index in [1.165, 1.54) is 17.8 Å². The number of aliphatic imine (C=N–C) groups is 1. The number of rotatable bonds is 3. The molecule has 1 amide bonds. The maximum absolute atomic E-state index is 13.5. The van der Waals surface area contributed by atoms with E-state index >= 15 is 0 Å². The van der Waals surface area contributed by atoms with Crippen molar-refractivity contribution in [3.8, 4) is 0 Å². The number of likely N-dealkylation sites (tertiary alicyclic amines) is 1. The zero-order valence-electron chi connectivity index (χ0n) is 17.6. The van der Waals surface area contributed by atoms with Crippen LogP contribution < -0.4 is 5.73 Å². The molecule has 0 bridgehead atoms. The minimum atomic E-state index is -4.43. The molecule has 0 unspecified atom stereocenters. The Balaban J connectivity index is 1.38. The summed E-state index contributed by atoms with van der Waals surface area (Å²) in [5.41, 5.74) is 7.37. The van der Waals surface area contributed by atoms with Gasteiger partial charge in [0.05, 0.1) is 28.7 Å². The van der Waals surface area contributed by atoms with Crippen LogP contribution in [0.5, 0.6) is 0 Å². The van der Waals surface area contributed by atoms with Crippen LogP contribution in [0.1, 0.15) is 22.3 Å². The first kappa shape index (κ1) is 21.7. The lowest BCUT2D eigenvalue weighted by Gasteiger charge is -2.37. The fourth-order valence-corrected chi connectivity index (χ4v) is 4.86.